The maximum absolute atomic E-state index is 2.78. The maximum Gasteiger partial charge on any atom is 0.252 e. The lowest BCUT2D eigenvalue weighted by atomic mass is 9.33. The highest BCUT2D eigenvalue weighted by atomic mass is 15.3. The van der Waals surface area contributed by atoms with E-state index in [0.29, 0.717) is 0 Å². The summed E-state index contributed by atoms with van der Waals surface area (Å²) in [5.74, 6) is 0. The number of fused-ring (bicyclic) bond motifs is 9. The molecule has 10 aromatic rings. The van der Waals surface area contributed by atoms with Crippen molar-refractivity contribution in [2.45, 2.75) is 90.0 Å². The molecule has 0 amide bonds. The van der Waals surface area contributed by atoms with Crippen LogP contribution < -0.4 is 31.1 Å². The summed E-state index contributed by atoms with van der Waals surface area (Å²) in [4.78, 5) is 8.05. The molecule has 1 aliphatic carbocycles. The average molecular weight is 1010 g/mol. The van der Waals surface area contributed by atoms with E-state index in [4.69, 9.17) is 0 Å². The fourth-order valence-electron chi connectivity index (χ4n) is 14.0. The van der Waals surface area contributed by atoms with Gasteiger partial charge in [-0.2, -0.15) is 0 Å². The molecule has 3 nitrogen and oxygen atoms in total. The molecule has 0 aromatic heterocycles. The summed E-state index contributed by atoms with van der Waals surface area (Å²) in [6, 6.07) is 87.9. The summed E-state index contributed by atoms with van der Waals surface area (Å²) >= 11 is 0. The van der Waals surface area contributed by atoms with Gasteiger partial charge in [0.25, 0.3) is 6.71 Å². The van der Waals surface area contributed by atoms with Gasteiger partial charge in [0.15, 0.2) is 0 Å². The summed E-state index contributed by atoms with van der Waals surface area (Å²) in [6.45, 7) is 19.1. The first kappa shape index (κ1) is 48.1. The van der Waals surface area contributed by atoms with Crippen LogP contribution in [-0.2, 0) is 28.2 Å². The Morgan fingerprint density at radius 2 is 0.872 bits per heavy atom. The van der Waals surface area contributed by atoms with Gasteiger partial charge in [-0.1, -0.05) is 218 Å². The zero-order valence-electron chi connectivity index (χ0n) is 46.3. The fourth-order valence-corrected chi connectivity index (χ4v) is 14.0. The monoisotopic (exact) mass is 1010 g/mol. The van der Waals surface area contributed by atoms with Crippen LogP contribution in [0.25, 0.3) is 33.4 Å². The molecule has 3 heterocycles. The standard InChI is InChI=1S/C74H66BN3/c1-71(2,3)56-30-21-32-59(45-56)77-67-46-57(72(4,5)6)36-38-64(67)75-63-37-34-55(51-26-16-11-17-27-51)44-66(63)76(58-31-20-29-53(42-58)49-22-12-9-13-23-49)68-47-60(48-69(77)70(68)75)78-65-39-35-54(50-24-14-10-15-25-50)43-62(65)73(7)41-40-52-28-18-19-33-61(52)74(73,78)8/h9-39,42-48H,40-41H2,1-8H3. The molecule has 0 saturated heterocycles. The topological polar surface area (TPSA) is 9.72 Å². The zero-order valence-corrected chi connectivity index (χ0v) is 46.3. The van der Waals surface area contributed by atoms with Crippen LogP contribution in [0.4, 0.5) is 45.5 Å². The number of hydrogen-bond donors (Lipinski definition) is 0. The second-order valence-electron chi connectivity index (χ2n) is 24.9. The molecule has 10 aromatic carbocycles. The molecule has 2 atom stereocenters. The molecule has 3 aliphatic heterocycles. The van der Waals surface area contributed by atoms with Gasteiger partial charge in [0.1, 0.15) is 0 Å². The Morgan fingerprint density at radius 1 is 0.372 bits per heavy atom. The number of nitrogens with zero attached hydrogens (tertiary/aromatic N) is 3. The molecule has 0 spiro atoms. The Morgan fingerprint density at radius 3 is 1.50 bits per heavy atom. The highest BCUT2D eigenvalue weighted by molar-refractivity contribution is 7.00. The number of aryl methyl sites for hydroxylation is 1. The Kier molecular flexibility index (Phi) is 10.8. The first-order valence-corrected chi connectivity index (χ1v) is 28.2. The van der Waals surface area contributed by atoms with Gasteiger partial charge in [-0.05, 0) is 169 Å². The van der Waals surface area contributed by atoms with Gasteiger partial charge in [0, 0.05) is 50.9 Å². The Labute approximate surface area is 462 Å². The van der Waals surface area contributed by atoms with Gasteiger partial charge in [0.05, 0.1) is 5.54 Å². The molecular formula is C74H66BN3. The van der Waals surface area contributed by atoms with Gasteiger partial charge in [-0.15, -0.1) is 0 Å². The van der Waals surface area contributed by atoms with Crippen molar-refractivity contribution in [1.29, 1.82) is 0 Å². The summed E-state index contributed by atoms with van der Waals surface area (Å²) in [6.07, 6.45) is 2.06. The molecule has 78 heavy (non-hydrogen) atoms. The largest absolute Gasteiger partial charge is 0.330 e. The molecule has 0 fully saturated rings. The van der Waals surface area contributed by atoms with Gasteiger partial charge < -0.3 is 14.7 Å². The zero-order chi connectivity index (χ0) is 53.3. The van der Waals surface area contributed by atoms with E-state index in [-0.39, 0.29) is 23.0 Å². The minimum atomic E-state index is -0.450. The van der Waals surface area contributed by atoms with Crippen LogP contribution in [0.15, 0.2) is 231 Å². The molecular weight excluding hydrogens is 942 g/mol. The van der Waals surface area contributed by atoms with Crippen LogP contribution in [0.5, 0.6) is 0 Å². The van der Waals surface area contributed by atoms with Crippen molar-refractivity contribution >= 4 is 68.6 Å². The lowest BCUT2D eigenvalue weighted by Gasteiger charge is -2.52. The second-order valence-corrected chi connectivity index (χ2v) is 24.9. The van der Waals surface area contributed by atoms with Crippen molar-refractivity contribution in [1.82, 2.24) is 0 Å². The number of benzene rings is 10. The average Bonchev–Trinajstić information content (AvgIpc) is 3.08. The van der Waals surface area contributed by atoms with E-state index < -0.39 is 5.54 Å². The third kappa shape index (κ3) is 7.32. The van der Waals surface area contributed by atoms with Crippen molar-refractivity contribution in [3.63, 3.8) is 0 Å². The molecule has 4 heteroatoms. The summed E-state index contributed by atoms with van der Waals surface area (Å²) < 4.78 is 0. The Bertz CT molecular complexity index is 4000. The van der Waals surface area contributed by atoms with Crippen molar-refractivity contribution in [3.05, 3.63) is 258 Å². The van der Waals surface area contributed by atoms with Crippen LogP contribution in [0.1, 0.15) is 89.6 Å². The van der Waals surface area contributed by atoms with Crippen molar-refractivity contribution in [2.24, 2.45) is 0 Å². The molecule has 0 saturated carbocycles. The van der Waals surface area contributed by atoms with E-state index in [2.05, 4.69) is 301 Å². The predicted octanol–water partition coefficient (Wildman–Crippen LogP) is 17.6. The van der Waals surface area contributed by atoms with Gasteiger partial charge in [-0.3, -0.25) is 0 Å². The first-order valence-electron chi connectivity index (χ1n) is 28.2. The molecule has 4 aliphatic rings. The minimum absolute atomic E-state index is 0.0564. The second kappa shape index (κ2) is 17.6. The Balaban J connectivity index is 1.12. The van der Waals surface area contributed by atoms with E-state index in [1.165, 1.54) is 117 Å². The summed E-state index contributed by atoms with van der Waals surface area (Å²) in [5, 5.41) is 0. The fraction of sp³-hybridized carbons (Fsp3) is 0.189. The van der Waals surface area contributed by atoms with Crippen LogP contribution >= 0.6 is 0 Å². The maximum atomic E-state index is 2.78. The van der Waals surface area contributed by atoms with E-state index in [1.807, 2.05) is 0 Å². The third-order valence-electron chi connectivity index (χ3n) is 18.4. The normalized spacial score (nSPS) is 17.9. The number of rotatable bonds is 6. The highest BCUT2D eigenvalue weighted by Crippen LogP contribution is 2.65. The van der Waals surface area contributed by atoms with Crippen LogP contribution in [0.2, 0.25) is 0 Å². The van der Waals surface area contributed by atoms with Gasteiger partial charge in [-0.25, -0.2) is 0 Å². The molecule has 14 rings (SSSR count). The van der Waals surface area contributed by atoms with Crippen molar-refractivity contribution in [3.8, 4) is 33.4 Å². The van der Waals surface area contributed by atoms with Crippen molar-refractivity contribution in [2.75, 3.05) is 14.7 Å². The van der Waals surface area contributed by atoms with E-state index >= 15 is 0 Å². The molecule has 2 unspecified atom stereocenters. The lowest BCUT2D eigenvalue weighted by molar-refractivity contribution is 0.245. The predicted molar refractivity (Wildman–Crippen MR) is 332 cm³/mol. The van der Waals surface area contributed by atoms with Crippen molar-refractivity contribution < 1.29 is 0 Å². The van der Waals surface area contributed by atoms with Crippen LogP contribution in [0, 0.1) is 0 Å². The lowest BCUT2D eigenvalue weighted by Crippen LogP contribution is -2.61. The van der Waals surface area contributed by atoms with E-state index in [1.54, 1.807) is 0 Å². The number of hydrogen-bond acceptors (Lipinski definition) is 3. The van der Waals surface area contributed by atoms with E-state index in [9.17, 15) is 0 Å². The SMILES string of the molecule is CC(C)(C)c1cccc(N2c3cc(C(C)(C)C)ccc3B3c4ccc(-c5ccccc5)cc4N(c4cccc(-c5ccccc5)c4)c4cc(N5c6ccc(-c7ccccc7)cc6C6(C)CCc7ccccc7C56C)cc2c43)c1. The third-order valence-corrected chi connectivity index (χ3v) is 18.4. The molecule has 0 radical (unpaired) electrons. The number of anilines is 8. The minimum Gasteiger partial charge on any atom is -0.330 e. The molecule has 0 bridgehead atoms. The van der Waals surface area contributed by atoms with Crippen LogP contribution in [0.3, 0.4) is 0 Å². The molecule has 380 valence electrons. The quantitative estimate of drug-likeness (QED) is 0.154. The molecule has 0 N–H and O–H groups in total. The van der Waals surface area contributed by atoms with Gasteiger partial charge >= 0.3 is 0 Å². The smallest absolute Gasteiger partial charge is 0.252 e. The van der Waals surface area contributed by atoms with Crippen LogP contribution in [-0.4, -0.2) is 6.71 Å². The van der Waals surface area contributed by atoms with Gasteiger partial charge in [0.2, 0.25) is 0 Å². The first-order chi connectivity index (χ1) is 37.7. The Hall–Kier alpha value is -8.34. The van der Waals surface area contributed by atoms with E-state index in [0.717, 1.165) is 18.5 Å². The highest BCUT2D eigenvalue weighted by Gasteiger charge is 2.60. The summed E-state index contributed by atoms with van der Waals surface area (Å²) in [7, 11) is 0. The summed E-state index contributed by atoms with van der Waals surface area (Å²) in [5.41, 5.74) is 26.9.